The SMILES string of the molecule is CC.C[N+]1=CC(c2ccc3ccccc3c2)CC1(C)C. The molecule has 3 rings (SSSR count). The first kappa shape index (κ1) is 14.8. The van der Waals surface area contributed by atoms with Crippen molar-refractivity contribution in [3.05, 3.63) is 48.0 Å². The molecule has 1 heteroatoms. The Morgan fingerprint density at radius 1 is 1.00 bits per heavy atom. The smallest absolute Gasteiger partial charge is 0.157 e. The van der Waals surface area contributed by atoms with Crippen LogP contribution in [0.2, 0.25) is 0 Å². The van der Waals surface area contributed by atoms with E-state index in [1.54, 1.807) is 0 Å². The molecule has 0 saturated carbocycles. The fraction of sp³-hybridized carbons (Fsp3) is 0.421. The van der Waals surface area contributed by atoms with Crippen molar-refractivity contribution in [3.63, 3.8) is 0 Å². The summed E-state index contributed by atoms with van der Waals surface area (Å²) >= 11 is 0. The second-order valence-electron chi connectivity index (χ2n) is 5.99. The minimum Gasteiger partial charge on any atom is -0.237 e. The monoisotopic (exact) mass is 268 g/mol. The normalized spacial score (nSPS) is 20.2. The van der Waals surface area contributed by atoms with Crippen molar-refractivity contribution in [2.45, 2.75) is 45.6 Å². The lowest BCUT2D eigenvalue weighted by molar-refractivity contribution is -0.562. The van der Waals surface area contributed by atoms with E-state index in [1.165, 1.54) is 22.8 Å². The predicted octanol–water partition coefficient (Wildman–Crippen LogP) is 4.85. The van der Waals surface area contributed by atoms with E-state index in [2.05, 4.69) is 74.1 Å². The van der Waals surface area contributed by atoms with Crippen molar-refractivity contribution in [2.24, 2.45) is 0 Å². The highest BCUT2D eigenvalue weighted by molar-refractivity contribution is 5.84. The molecular weight excluding hydrogens is 242 g/mol. The lowest BCUT2D eigenvalue weighted by Crippen LogP contribution is -2.28. The van der Waals surface area contributed by atoms with Crippen LogP contribution in [-0.4, -0.2) is 23.4 Å². The first-order valence-corrected chi connectivity index (χ1v) is 7.63. The third kappa shape index (κ3) is 2.77. The van der Waals surface area contributed by atoms with Crippen LogP contribution in [0.3, 0.4) is 0 Å². The molecule has 0 saturated heterocycles. The summed E-state index contributed by atoms with van der Waals surface area (Å²) < 4.78 is 2.35. The Hall–Kier alpha value is -1.63. The van der Waals surface area contributed by atoms with Gasteiger partial charge in [0.25, 0.3) is 0 Å². The highest BCUT2D eigenvalue weighted by atomic mass is 15.1. The van der Waals surface area contributed by atoms with Crippen LogP contribution in [0, 0.1) is 0 Å². The minimum absolute atomic E-state index is 0.274. The fourth-order valence-electron chi connectivity index (χ4n) is 2.85. The molecule has 0 bridgehead atoms. The Morgan fingerprint density at radius 2 is 1.65 bits per heavy atom. The summed E-state index contributed by atoms with van der Waals surface area (Å²) in [6.45, 7) is 8.62. The van der Waals surface area contributed by atoms with Crippen molar-refractivity contribution >= 4 is 17.0 Å². The first-order chi connectivity index (χ1) is 9.56. The van der Waals surface area contributed by atoms with E-state index < -0.39 is 0 Å². The summed E-state index contributed by atoms with van der Waals surface area (Å²) in [5.41, 5.74) is 1.71. The van der Waals surface area contributed by atoms with Gasteiger partial charge < -0.3 is 0 Å². The van der Waals surface area contributed by atoms with Crippen LogP contribution >= 0.6 is 0 Å². The average Bonchev–Trinajstić information content (AvgIpc) is 2.74. The van der Waals surface area contributed by atoms with Gasteiger partial charge in [0, 0.05) is 6.42 Å². The third-order valence-corrected chi connectivity index (χ3v) is 4.28. The maximum atomic E-state index is 2.37. The second kappa shape index (κ2) is 5.78. The minimum atomic E-state index is 0.274. The Labute approximate surface area is 123 Å². The van der Waals surface area contributed by atoms with Gasteiger partial charge in [-0.1, -0.05) is 56.3 Å². The molecule has 2 aromatic rings. The molecule has 0 radical (unpaired) electrons. The van der Waals surface area contributed by atoms with E-state index in [1.807, 2.05) is 13.8 Å². The summed E-state index contributed by atoms with van der Waals surface area (Å²) in [5.74, 6) is 0.551. The lowest BCUT2D eigenvalue weighted by atomic mass is 9.89. The molecule has 0 spiro atoms. The Morgan fingerprint density at radius 3 is 2.25 bits per heavy atom. The summed E-state index contributed by atoms with van der Waals surface area (Å²) in [7, 11) is 2.18. The third-order valence-electron chi connectivity index (χ3n) is 4.28. The van der Waals surface area contributed by atoms with Gasteiger partial charge >= 0.3 is 0 Å². The molecule has 2 aromatic carbocycles. The first-order valence-electron chi connectivity index (χ1n) is 7.63. The van der Waals surface area contributed by atoms with Crippen LogP contribution < -0.4 is 0 Å². The van der Waals surface area contributed by atoms with Crippen LogP contribution in [0.25, 0.3) is 10.8 Å². The van der Waals surface area contributed by atoms with Gasteiger partial charge in [-0.3, -0.25) is 0 Å². The van der Waals surface area contributed by atoms with Crippen molar-refractivity contribution in [3.8, 4) is 0 Å². The summed E-state index contributed by atoms with van der Waals surface area (Å²) in [6.07, 6.45) is 3.56. The van der Waals surface area contributed by atoms with Gasteiger partial charge in [-0.05, 0) is 30.2 Å². The van der Waals surface area contributed by atoms with Crippen LogP contribution in [0.5, 0.6) is 0 Å². The molecule has 106 valence electrons. The number of hydrogen-bond donors (Lipinski definition) is 0. The maximum Gasteiger partial charge on any atom is 0.157 e. The Kier molecular flexibility index (Phi) is 4.27. The van der Waals surface area contributed by atoms with Crippen molar-refractivity contribution < 1.29 is 4.58 Å². The van der Waals surface area contributed by atoms with E-state index in [0.29, 0.717) is 5.92 Å². The number of fused-ring (bicyclic) bond motifs is 1. The highest BCUT2D eigenvalue weighted by Gasteiger charge is 2.38. The molecule has 1 aliphatic rings. The zero-order chi connectivity index (χ0) is 14.8. The zero-order valence-corrected chi connectivity index (χ0v) is 13.4. The molecule has 20 heavy (non-hydrogen) atoms. The quantitative estimate of drug-likeness (QED) is 0.651. The molecule has 0 amide bonds. The van der Waals surface area contributed by atoms with Gasteiger partial charge in [-0.2, -0.15) is 0 Å². The van der Waals surface area contributed by atoms with Crippen LogP contribution in [0.4, 0.5) is 0 Å². The summed E-state index contributed by atoms with van der Waals surface area (Å²) in [6, 6.07) is 15.4. The van der Waals surface area contributed by atoms with E-state index in [9.17, 15) is 0 Å². The van der Waals surface area contributed by atoms with Gasteiger partial charge in [0.15, 0.2) is 5.54 Å². The van der Waals surface area contributed by atoms with Gasteiger partial charge in [0.2, 0.25) is 0 Å². The van der Waals surface area contributed by atoms with E-state index in [-0.39, 0.29) is 5.54 Å². The maximum absolute atomic E-state index is 2.37. The molecular formula is C19H26N+. The summed E-state index contributed by atoms with van der Waals surface area (Å²) in [4.78, 5) is 0. The molecule has 0 aliphatic carbocycles. The number of hydrogen-bond acceptors (Lipinski definition) is 0. The van der Waals surface area contributed by atoms with E-state index in [4.69, 9.17) is 0 Å². The van der Waals surface area contributed by atoms with Crippen molar-refractivity contribution in [1.29, 1.82) is 0 Å². The number of nitrogens with zero attached hydrogens (tertiary/aromatic N) is 1. The molecule has 1 atom stereocenters. The summed E-state index contributed by atoms with van der Waals surface area (Å²) in [5, 5.41) is 2.67. The highest BCUT2D eigenvalue weighted by Crippen LogP contribution is 2.32. The Balaban J connectivity index is 0.000000704. The van der Waals surface area contributed by atoms with Crippen molar-refractivity contribution in [2.75, 3.05) is 7.05 Å². The zero-order valence-electron chi connectivity index (χ0n) is 13.4. The molecule has 1 nitrogen and oxygen atoms in total. The Bertz CT molecular complexity index is 622. The molecule has 0 N–H and O–H groups in total. The largest absolute Gasteiger partial charge is 0.237 e. The van der Waals surface area contributed by atoms with Gasteiger partial charge in [0.05, 0.1) is 5.92 Å². The van der Waals surface area contributed by atoms with Crippen molar-refractivity contribution in [1.82, 2.24) is 0 Å². The van der Waals surface area contributed by atoms with Gasteiger partial charge in [-0.25, -0.2) is 4.58 Å². The topological polar surface area (TPSA) is 3.01 Å². The fourth-order valence-corrected chi connectivity index (χ4v) is 2.85. The number of benzene rings is 2. The number of rotatable bonds is 1. The standard InChI is InChI=1S/C17H20N.C2H6/c1-17(2)11-16(12-18(17)3)15-9-8-13-6-4-5-7-14(13)10-15;1-2/h4-10,12,16H,11H2,1-3H3;1-2H3/q+1;. The predicted molar refractivity (Wildman–Crippen MR) is 89.0 cm³/mol. The molecule has 1 aliphatic heterocycles. The van der Waals surface area contributed by atoms with Crippen LogP contribution in [0.15, 0.2) is 42.5 Å². The molecule has 0 fully saturated rings. The van der Waals surface area contributed by atoms with E-state index in [0.717, 1.165) is 0 Å². The lowest BCUT2D eigenvalue weighted by Gasteiger charge is -2.14. The molecule has 1 unspecified atom stereocenters. The van der Waals surface area contributed by atoms with Gasteiger partial charge in [0.1, 0.15) is 13.3 Å². The average molecular weight is 268 g/mol. The van der Waals surface area contributed by atoms with E-state index >= 15 is 0 Å². The van der Waals surface area contributed by atoms with Gasteiger partial charge in [-0.15, -0.1) is 0 Å². The van der Waals surface area contributed by atoms with Crippen LogP contribution in [-0.2, 0) is 0 Å². The molecule has 0 aromatic heterocycles. The van der Waals surface area contributed by atoms with Crippen LogP contribution in [0.1, 0.15) is 45.6 Å². The molecule has 1 heterocycles. The second-order valence-corrected chi connectivity index (χ2v) is 5.99.